The lowest BCUT2D eigenvalue weighted by Crippen LogP contribution is -2.38. The second-order valence-corrected chi connectivity index (χ2v) is 8.21. The van der Waals surface area contributed by atoms with E-state index >= 15 is 0 Å². The molecule has 0 aliphatic rings. The number of benzene rings is 2. The Kier molecular flexibility index (Phi) is 10.4. The van der Waals surface area contributed by atoms with Crippen molar-refractivity contribution in [2.24, 2.45) is 0 Å². The van der Waals surface area contributed by atoms with Crippen molar-refractivity contribution in [3.63, 3.8) is 0 Å². The van der Waals surface area contributed by atoms with Gasteiger partial charge in [-0.1, -0.05) is 38.1 Å². The molecular weight excluding hydrogens is 410 g/mol. The van der Waals surface area contributed by atoms with Gasteiger partial charge in [-0.05, 0) is 55.4 Å². The predicted octanol–water partition coefficient (Wildman–Crippen LogP) is 3.87. The van der Waals surface area contributed by atoms with Crippen molar-refractivity contribution in [1.82, 2.24) is 10.2 Å². The van der Waals surface area contributed by atoms with Gasteiger partial charge in [0.25, 0.3) is 0 Å². The van der Waals surface area contributed by atoms with Gasteiger partial charge in [0, 0.05) is 12.2 Å². The first-order chi connectivity index (χ1) is 15.0. The van der Waals surface area contributed by atoms with Crippen molar-refractivity contribution >= 4 is 29.3 Å². The summed E-state index contributed by atoms with van der Waals surface area (Å²) in [5.41, 5.74) is 2.97. The van der Waals surface area contributed by atoms with Crippen LogP contribution < -0.4 is 15.4 Å². The van der Waals surface area contributed by atoms with Crippen molar-refractivity contribution in [3.05, 3.63) is 59.7 Å². The van der Waals surface area contributed by atoms with Crippen LogP contribution in [-0.2, 0) is 9.59 Å². The van der Waals surface area contributed by atoms with Gasteiger partial charge in [-0.3, -0.25) is 14.5 Å². The van der Waals surface area contributed by atoms with E-state index in [1.54, 1.807) is 7.11 Å². The number of thioether (sulfide) groups is 1. The number of likely N-dealkylation sites (N-methyl/N-ethyl adjacent to an activating group) is 1. The molecule has 1 unspecified atom stereocenters. The molecule has 2 aromatic rings. The molecule has 2 amide bonds. The van der Waals surface area contributed by atoms with E-state index in [4.69, 9.17) is 4.74 Å². The molecule has 0 bridgehead atoms. The Morgan fingerprint density at radius 1 is 1.03 bits per heavy atom. The predicted molar refractivity (Wildman–Crippen MR) is 129 cm³/mol. The number of methoxy groups -OCH3 is 1. The Morgan fingerprint density at radius 2 is 1.74 bits per heavy atom. The molecule has 0 spiro atoms. The van der Waals surface area contributed by atoms with E-state index in [9.17, 15) is 9.59 Å². The molecule has 7 heteroatoms. The average Bonchev–Trinajstić information content (AvgIpc) is 2.76. The van der Waals surface area contributed by atoms with Crippen LogP contribution in [0, 0.1) is 6.92 Å². The van der Waals surface area contributed by atoms with Gasteiger partial charge in [0.05, 0.1) is 24.7 Å². The molecule has 0 heterocycles. The zero-order valence-corrected chi connectivity index (χ0v) is 19.6. The lowest BCUT2D eigenvalue weighted by molar-refractivity contribution is -0.118. The molecule has 0 aromatic heterocycles. The SMILES string of the molecule is CCN(CC)C(CNC(=O)CSCC(=O)Nc1cccc(C)c1)c1cccc(OC)c1. The standard InChI is InChI=1S/C24H33N3O3S/c1-5-27(6-2)22(19-10-8-12-21(14-19)30-4)15-25-23(28)16-31-17-24(29)26-20-11-7-9-18(3)13-20/h7-14,22H,5-6,15-17H2,1-4H3,(H,25,28)(H,26,29). The molecule has 168 valence electrons. The Labute approximate surface area is 189 Å². The summed E-state index contributed by atoms with van der Waals surface area (Å²) in [7, 11) is 1.65. The number of carbonyl (C=O) groups excluding carboxylic acids is 2. The highest BCUT2D eigenvalue weighted by Crippen LogP contribution is 2.24. The number of anilines is 1. The lowest BCUT2D eigenvalue weighted by atomic mass is 10.0. The topological polar surface area (TPSA) is 70.7 Å². The van der Waals surface area contributed by atoms with E-state index in [-0.39, 0.29) is 29.4 Å². The first-order valence-electron chi connectivity index (χ1n) is 10.6. The summed E-state index contributed by atoms with van der Waals surface area (Å²) in [6.45, 7) is 8.46. The summed E-state index contributed by atoms with van der Waals surface area (Å²) in [6, 6.07) is 15.7. The zero-order valence-electron chi connectivity index (χ0n) is 18.8. The number of aryl methyl sites for hydroxylation is 1. The molecule has 2 aromatic carbocycles. The third kappa shape index (κ3) is 8.26. The van der Waals surface area contributed by atoms with Gasteiger partial charge in [0.2, 0.25) is 11.8 Å². The number of hydrogen-bond acceptors (Lipinski definition) is 5. The van der Waals surface area contributed by atoms with Crippen LogP contribution in [0.2, 0.25) is 0 Å². The van der Waals surface area contributed by atoms with E-state index in [0.717, 1.165) is 35.7 Å². The van der Waals surface area contributed by atoms with Crippen LogP contribution in [0.3, 0.4) is 0 Å². The first kappa shape index (κ1) is 24.8. The maximum atomic E-state index is 12.4. The van der Waals surface area contributed by atoms with Crippen LogP contribution in [0.1, 0.15) is 31.0 Å². The van der Waals surface area contributed by atoms with Crippen molar-refractivity contribution < 1.29 is 14.3 Å². The quantitative estimate of drug-likeness (QED) is 0.521. The maximum absolute atomic E-state index is 12.4. The minimum absolute atomic E-state index is 0.0590. The largest absolute Gasteiger partial charge is 0.497 e. The van der Waals surface area contributed by atoms with Crippen LogP contribution in [0.5, 0.6) is 5.75 Å². The third-order valence-electron chi connectivity index (χ3n) is 4.99. The molecule has 31 heavy (non-hydrogen) atoms. The van der Waals surface area contributed by atoms with Crippen molar-refractivity contribution in [1.29, 1.82) is 0 Å². The fourth-order valence-electron chi connectivity index (χ4n) is 3.39. The van der Waals surface area contributed by atoms with Gasteiger partial charge in [0.1, 0.15) is 5.75 Å². The second kappa shape index (κ2) is 13.0. The summed E-state index contributed by atoms with van der Waals surface area (Å²) < 4.78 is 5.36. The Hall–Kier alpha value is -2.51. The number of amides is 2. The normalized spacial score (nSPS) is 11.8. The van der Waals surface area contributed by atoms with Crippen molar-refractivity contribution in [3.8, 4) is 5.75 Å². The summed E-state index contributed by atoms with van der Waals surface area (Å²) in [5.74, 6) is 1.09. The molecule has 1 atom stereocenters. The highest BCUT2D eigenvalue weighted by Gasteiger charge is 2.19. The molecule has 2 rings (SSSR count). The van der Waals surface area contributed by atoms with E-state index in [2.05, 4.69) is 35.4 Å². The van der Waals surface area contributed by atoms with Crippen LogP contribution in [0.25, 0.3) is 0 Å². The molecule has 0 radical (unpaired) electrons. The number of hydrogen-bond donors (Lipinski definition) is 2. The monoisotopic (exact) mass is 443 g/mol. The Morgan fingerprint density at radius 3 is 2.42 bits per heavy atom. The summed E-state index contributed by atoms with van der Waals surface area (Å²) in [4.78, 5) is 26.8. The van der Waals surface area contributed by atoms with E-state index < -0.39 is 0 Å². The molecule has 0 aliphatic heterocycles. The molecule has 6 nitrogen and oxygen atoms in total. The van der Waals surface area contributed by atoms with Gasteiger partial charge < -0.3 is 15.4 Å². The number of rotatable bonds is 12. The van der Waals surface area contributed by atoms with Crippen LogP contribution in [0.4, 0.5) is 5.69 Å². The minimum Gasteiger partial charge on any atom is -0.497 e. The lowest BCUT2D eigenvalue weighted by Gasteiger charge is -2.30. The fraction of sp³-hybridized carbons (Fsp3) is 0.417. The summed E-state index contributed by atoms with van der Waals surface area (Å²) in [6.07, 6.45) is 0. The highest BCUT2D eigenvalue weighted by atomic mass is 32.2. The van der Waals surface area contributed by atoms with Crippen molar-refractivity contribution in [2.75, 3.05) is 43.6 Å². The maximum Gasteiger partial charge on any atom is 0.234 e. The van der Waals surface area contributed by atoms with Gasteiger partial charge in [-0.15, -0.1) is 11.8 Å². The van der Waals surface area contributed by atoms with E-state index in [1.165, 1.54) is 11.8 Å². The number of ether oxygens (including phenoxy) is 1. The molecule has 0 saturated carbocycles. The molecular formula is C24H33N3O3S. The first-order valence-corrected chi connectivity index (χ1v) is 11.7. The smallest absolute Gasteiger partial charge is 0.234 e. The van der Waals surface area contributed by atoms with E-state index in [0.29, 0.717) is 6.54 Å². The van der Waals surface area contributed by atoms with E-state index in [1.807, 2.05) is 49.4 Å². The average molecular weight is 444 g/mol. The minimum atomic E-state index is -0.110. The van der Waals surface area contributed by atoms with Crippen LogP contribution in [0.15, 0.2) is 48.5 Å². The van der Waals surface area contributed by atoms with Gasteiger partial charge >= 0.3 is 0 Å². The molecule has 0 aliphatic carbocycles. The van der Waals surface area contributed by atoms with Crippen LogP contribution in [-0.4, -0.2) is 55.0 Å². The van der Waals surface area contributed by atoms with Gasteiger partial charge in [-0.25, -0.2) is 0 Å². The molecule has 0 saturated heterocycles. The number of carbonyl (C=O) groups is 2. The van der Waals surface area contributed by atoms with Gasteiger partial charge in [0.15, 0.2) is 0 Å². The second-order valence-electron chi connectivity index (χ2n) is 7.23. The molecule has 2 N–H and O–H groups in total. The number of nitrogens with zero attached hydrogens (tertiary/aromatic N) is 1. The number of nitrogens with one attached hydrogen (secondary N) is 2. The zero-order chi connectivity index (χ0) is 22.6. The fourth-order valence-corrected chi connectivity index (χ4v) is 4.04. The molecule has 0 fully saturated rings. The van der Waals surface area contributed by atoms with Gasteiger partial charge in [-0.2, -0.15) is 0 Å². The van der Waals surface area contributed by atoms with Crippen molar-refractivity contribution in [2.45, 2.75) is 26.8 Å². The Balaban J connectivity index is 1.84. The summed E-state index contributed by atoms with van der Waals surface area (Å²) in [5, 5.41) is 5.88. The highest BCUT2D eigenvalue weighted by molar-refractivity contribution is 8.00. The Bertz CT molecular complexity index is 855. The third-order valence-corrected chi connectivity index (χ3v) is 5.93. The summed E-state index contributed by atoms with van der Waals surface area (Å²) >= 11 is 1.31. The van der Waals surface area contributed by atoms with Crippen LogP contribution >= 0.6 is 11.8 Å².